The summed E-state index contributed by atoms with van der Waals surface area (Å²) in [4.78, 5) is 0. The van der Waals surface area contributed by atoms with Crippen LogP contribution in [-0.2, 0) is 0 Å². The molecule has 1 aliphatic rings. The van der Waals surface area contributed by atoms with Crippen molar-refractivity contribution < 1.29 is 0 Å². The molecule has 2 rings (SSSR count). The highest BCUT2D eigenvalue weighted by Crippen LogP contribution is 2.25. The van der Waals surface area contributed by atoms with Gasteiger partial charge in [-0.05, 0) is 22.0 Å². The summed E-state index contributed by atoms with van der Waals surface area (Å²) in [5.74, 6) is 0. The maximum absolute atomic E-state index is 3.38. The van der Waals surface area contributed by atoms with E-state index in [1.807, 2.05) is 24.3 Å². The molecule has 1 heterocycles. The van der Waals surface area contributed by atoms with Crippen LogP contribution in [0.25, 0.3) is 6.08 Å². The molecule has 0 radical (unpaired) electrons. The van der Waals surface area contributed by atoms with Crippen molar-refractivity contribution in [2.45, 2.75) is 0 Å². The molecule has 1 aromatic rings. The first-order valence-electron chi connectivity index (χ1n) is 3.00. The molecule has 1 aliphatic heterocycles. The molecule has 0 saturated carbocycles. The van der Waals surface area contributed by atoms with Gasteiger partial charge in [-0.25, -0.2) is 0 Å². The summed E-state index contributed by atoms with van der Waals surface area (Å²) in [5, 5.41) is 3.01. The van der Waals surface area contributed by atoms with Gasteiger partial charge < -0.3 is 0 Å². The molecule has 0 aliphatic carbocycles. The second-order valence-electron chi connectivity index (χ2n) is 2.15. The molecule has 0 amide bonds. The topological polar surface area (TPSA) is 12.0 Å². The Morgan fingerprint density at radius 2 is 2.30 bits per heavy atom. The molecule has 0 bridgehead atoms. The number of hydrogen-bond acceptors (Lipinski definition) is 1. The van der Waals surface area contributed by atoms with Crippen LogP contribution in [0.2, 0.25) is 0 Å². The Bertz CT molecular complexity index is 291. The lowest BCUT2D eigenvalue weighted by atomic mass is 10.2. The molecular formula is C8H5BrN+. The van der Waals surface area contributed by atoms with E-state index in [1.165, 1.54) is 5.56 Å². The molecule has 0 unspecified atom stereocenters. The minimum atomic E-state index is 1.09. The van der Waals surface area contributed by atoms with Gasteiger partial charge in [0.05, 0.1) is 0 Å². The summed E-state index contributed by atoms with van der Waals surface area (Å²) in [7, 11) is 0. The number of halogens is 1. The Morgan fingerprint density at radius 1 is 1.40 bits per heavy atom. The predicted octanol–water partition coefficient (Wildman–Crippen LogP) is 2.65. The highest BCUT2D eigenvalue weighted by Gasteiger charge is 2.14. The Labute approximate surface area is 67.9 Å². The summed E-state index contributed by atoms with van der Waals surface area (Å²) in [6, 6.07) is 6.10. The van der Waals surface area contributed by atoms with Crippen molar-refractivity contribution in [1.82, 2.24) is 0 Å². The molecule has 1 aromatic carbocycles. The fraction of sp³-hybridized carbons (Fsp3) is 0. The molecule has 0 saturated heterocycles. The van der Waals surface area contributed by atoms with Gasteiger partial charge in [0, 0.05) is 16.6 Å². The molecule has 48 valence electrons. The molecule has 0 spiro atoms. The Balaban J connectivity index is 2.59. The second-order valence-corrected chi connectivity index (χ2v) is 3.06. The monoisotopic (exact) mass is 194 g/mol. The average Bonchev–Trinajstić information content (AvgIpc) is 2.33. The first kappa shape index (κ1) is 5.90. The van der Waals surface area contributed by atoms with Crippen LogP contribution in [0.4, 0.5) is 5.69 Å². The van der Waals surface area contributed by atoms with Crippen molar-refractivity contribution in [2.75, 3.05) is 5.32 Å². The quantitative estimate of drug-likeness (QED) is 0.627. The number of nitrogens with one attached hydrogen (secondary N) is 1. The van der Waals surface area contributed by atoms with Gasteiger partial charge in [-0.1, -0.05) is 0 Å². The van der Waals surface area contributed by atoms with E-state index in [9.17, 15) is 0 Å². The minimum Gasteiger partial charge on any atom is -0.197 e. The SMILES string of the molecule is Brc1ccc2c(c1)N[C+]=C2. The summed E-state index contributed by atoms with van der Waals surface area (Å²) in [5.41, 5.74) is 2.32. The highest BCUT2D eigenvalue weighted by molar-refractivity contribution is 9.10. The van der Waals surface area contributed by atoms with E-state index in [0.29, 0.717) is 0 Å². The zero-order valence-corrected chi connectivity index (χ0v) is 6.77. The van der Waals surface area contributed by atoms with E-state index in [0.717, 1.165) is 10.2 Å². The zero-order chi connectivity index (χ0) is 6.97. The van der Waals surface area contributed by atoms with E-state index in [-0.39, 0.29) is 0 Å². The van der Waals surface area contributed by atoms with Crippen LogP contribution in [-0.4, -0.2) is 0 Å². The number of rotatable bonds is 0. The molecule has 0 atom stereocenters. The normalized spacial score (nSPS) is 12.1. The van der Waals surface area contributed by atoms with E-state index >= 15 is 0 Å². The third kappa shape index (κ3) is 0.821. The van der Waals surface area contributed by atoms with Gasteiger partial charge >= 0.3 is 0 Å². The third-order valence-electron chi connectivity index (χ3n) is 1.45. The molecular weight excluding hydrogens is 190 g/mol. The smallest absolute Gasteiger partial charge is 0.197 e. The average molecular weight is 195 g/mol. The summed E-state index contributed by atoms with van der Waals surface area (Å²) in [6.45, 7) is 0. The van der Waals surface area contributed by atoms with Crippen LogP contribution in [0.1, 0.15) is 5.56 Å². The number of anilines is 1. The van der Waals surface area contributed by atoms with Gasteiger partial charge in [0.2, 0.25) is 0 Å². The summed E-state index contributed by atoms with van der Waals surface area (Å²) in [6.07, 6.45) is 4.85. The highest BCUT2D eigenvalue weighted by atomic mass is 79.9. The van der Waals surface area contributed by atoms with Crippen molar-refractivity contribution >= 4 is 27.7 Å². The van der Waals surface area contributed by atoms with Gasteiger partial charge in [-0.2, -0.15) is 5.32 Å². The fourth-order valence-electron chi connectivity index (χ4n) is 0.954. The van der Waals surface area contributed by atoms with E-state index < -0.39 is 0 Å². The first-order valence-corrected chi connectivity index (χ1v) is 3.80. The van der Waals surface area contributed by atoms with Crippen LogP contribution in [0.15, 0.2) is 22.7 Å². The molecule has 1 N–H and O–H groups in total. The number of hydrogen-bond donors (Lipinski definition) is 1. The number of benzene rings is 1. The number of fused-ring (bicyclic) bond motifs is 1. The molecule has 10 heavy (non-hydrogen) atoms. The van der Waals surface area contributed by atoms with Gasteiger partial charge in [0.15, 0.2) is 11.3 Å². The standard InChI is InChI=1S/C8H5BrN/c9-7-2-1-6-3-4-10-8(6)5-7/h1-3,5,10H/q+1. The van der Waals surface area contributed by atoms with Crippen LogP contribution in [0.3, 0.4) is 0 Å². The minimum absolute atomic E-state index is 1.09. The largest absolute Gasteiger partial charge is 0.199 e. The summed E-state index contributed by atoms with van der Waals surface area (Å²) >= 11 is 3.38. The molecule has 1 nitrogen and oxygen atoms in total. The van der Waals surface area contributed by atoms with Crippen molar-refractivity contribution in [3.63, 3.8) is 0 Å². The lowest BCUT2D eigenvalue weighted by molar-refractivity contribution is 1.58. The zero-order valence-electron chi connectivity index (χ0n) is 5.19. The van der Waals surface area contributed by atoms with Crippen molar-refractivity contribution in [2.24, 2.45) is 0 Å². The molecule has 0 aromatic heterocycles. The van der Waals surface area contributed by atoms with Gasteiger partial charge in [0.1, 0.15) is 12.3 Å². The first-order chi connectivity index (χ1) is 4.86. The maximum Gasteiger partial charge on any atom is 0.199 e. The van der Waals surface area contributed by atoms with Crippen molar-refractivity contribution in [3.05, 3.63) is 34.4 Å². The third-order valence-corrected chi connectivity index (χ3v) is 1.94. The fourth-order valence-corrected chi connectivity index (χ4v) is 1.32. The van der Waals surface area contributed by atoms with E-state index in [4.69, 9.17) is 0 Å². The Hall–Kier alpha value is -0.850. The maximum atomic E-state index is 3.38. The van der Waals surface area contributed by atoms with Crippen molar-refractivity contribution in [3.8, 4) is 0 Å². The van der Waals surface area contributed by atoms with Gasteiger partial charge in [0.25, 0.3) is 0 Å². The molecule has 2 heteroatoms. The van der Waals surface area contributed by atoms with Crippen molar-refractivity contribution in [1.29, 1.82) is 0 Å². The van der Waals surface area contributed by atoms with Crippen LogP contribution in [0, 0.1) is 6.20 Å². The second kappa shape index (κ2) is 2.08. The lowest BCUT2D eigenvalue weighted by Crippen LogP contribution is -1.82. The molecule has 0 fully saturated rings. The summed E-state index contributed by atoms with van der Waals surface area (Å²) < 4.78 is 1.09. The Morgan fingerprint density at radius 3 is 3.20 bits per heavy atom. The van der Waals surface area contributed by atoms with E-state index in [1.54, 1.807) is 0 Å². The van der Waals surface area contributed by atoms with Gasteiger partial charge in [-0.15, -0.1) is 0 Å². The predicted molar refractivity (Wildman–Crippen MR) is 45.5 cm³/mol. The van der Waals surface area contributed by atoms with Crippen LogP contribution >= 0.6 is 15.9 Å². The Kier molecular flexibility index (Phi) is 1.23. The van der Waals surface area contributed by atoms with E-state index in [2.05, 4.69) is 27.4 Å². The van der Waals surface area contributed by atoms with Crippen LogP contribution in [0.5, 0.6) is 0 Å². The van der Waals surface area contributed by atoms with Gasteiger partial charge in [-0.3, -0.25) is 0 Å². The lowest BCUT2D eigenvalue weighted by Gasteiger charge is -1.87. The van der Waals surface area contributed by atoms with Crippen LogP contribution < -0.4 is 5.32 Å².